The van der Waals surface area contributed by atoms with Crippen LogP contribution >= 0.6 is 0 Å². The number of rotatable bonds is 3. The minimum absolute atomic E-state index is 1.04. The summed E-state index contributed by atoms with van der Waals surface area (Å²) >= 11 is 0. The fourth-order valence-corrected chi connectivity index (χ4v) is 0.693. The molecule has 0 saturated heterocycles. The van der Waals surface area contributed by atoms with Gasteiger partial charge in [-0.05, 0) is 26.7 Å². The van der Waals surface area contributed by atoms with Crippen LogP contribution in [0.3, 0.4) is 0 Å². The predicted octanol–water partition coefficient (Wildman–Crippen LogP) is 3.31. The van der Waals surface area contributed by atoms with Crippen LogP contribution in [0.15, 0.2) is 23.8 Å². The molecule has 9 heavy (non-hydrogen) atoms. The normalized spacial score (nSPS) is 12.8. The third-order valence-electron chi connectivity index (χ3n) is 1.71. The van der Waals surface area contributed by atoms with Gasteiger partial charge in [0.2, 0.25) is 0 Å². The Balaban J connectivity index is 3.92. The Bertz CT molecular complexity index is 118. The first-order chi connectivity index (χ1) is 4.22. The molecular weight excluding hydrogens is 108 g/mol. The molecule has 0 amide bonds. The van der Waals surface area contributed by atoms with Crippen molar-refractivity contribution < 1.29 is 0 Å². The van der Waals surface area contributed by atoms with Gasteiger partial charge in [0.05, 0.1) is 0 Å². The van der Waals surface area contributed by atoms with Crippen molar-refractivity contribution in [3.05, 3.63) is 23.8 Å². The van der Waals surface area contributed by atoms with Crippen LogP contribution in [-0.4, -0.2) is 0 Å². The minimum Gasteiger partial charge on any atom is -0.103 e. The average molecular weight is 124 g/mol. The molecule has 0 heterocycles. The SMILES string of the molecule is C=CC/C(C)=C(\C)CC. The molecule has 0 unspecified atom stereocenters. The summed E-state index contributed by atoms with van der Waals surface area (Å²) < 4.78 is 0. The van der Waals surface area contributed by atoms with Crippen LogP contribution < -0.4 is 0 Å². The van der Waals surface area contributed by atoms with Gasteiger partial charge in [0.25, 0.3) is 0 Å². The highest BCUT2D eigenvalue weighted by Crippen LogP contribution is 2.10. The fraction of sp³-hybridized carbons (Fsp3) is 0.556. The Morgan fingerprint density at radius 1 is 1.33 bits per heavy atom. The standard InChI is InChI=1S/C9H16/c1-5-7-9(4)8(3)6-2/h5H,1,6-7H2,2-4H3/b9-8+. The molecule has 0 aromatic rings. The zero-order valence-corrected chi connectivity index (χ0v) is 6.70. The Kier molecular flexibility index (Phi) is 4.12. The largest absolute Gasteiger partial charge is 0.103 e. The van der Waals surface area contributed by atoms with E-state index >= 15 is 0 Å². The van der Waals surface area contributed by atoms with Gasteiger partial charge in [-0.2, -0.15) is 0 Å². The molecule has 0 spiro atoms. The zero-order valence-electron chi connectivity index (χ0n) is 6.70. The Morgan fingerprint density at radius 3 is 2.22 bits per heavy atom. The highest BCUT2D eigenvalue weighted by atomic mass is 14.0. The Morgan fingerprint density at radius 2 is 1.89 bits per heavy atom. The highest BCUT2D eigenvalue weighted by Gasteiger charge is 1.89. The van der Waals surface area contributed by atoms with Crippen LogP contribution in [0.1, 0.15) is 33.6 Å². The summed E-state index contributed by atoms with van der Waals surface area (Å²) in [6, 6.07) is 0. The lowest BCUT2D eigenvalue weighted by Gasteiger charge is -2.00. The molecule has 0 aliphatic rings. The number of hydrogen-bond acceptors (Lipinski definition) is 0. The second-order valence-corrected chi connectivity index (χ2v) is 2.41. The quantitative estimate of drug-likeness (QED) is 0.506. The Labute approximate surface area is 58.3 Å². The van der Waals surface area contributed by atoms with E-state index < -0.39 is 0 Å². The van der Waals surface area contributed by atoms with Crippen molar-refractivity contribution in [2.24, 2.45) is 0 Å². The van der Waals surface area contributed by atoms with Gasteiger partial charge >= 0.3 is 0 Å². The van der Waals surface area contributed by atoms with Crippen LogP contribution in [0, 0.1) is 0 Å². The van der Waals surface area contributed by atoms with E-state index in [0.29, 0.717) is 0 Å². The number of hydrogen-bond donors (Lipinski definition) is 0. The summed E-state index contributed by atoms with van der Waals surface area (Å²) in [4.78, 5) is 0. The van der Waals surface area contributed by atoms with Gasteiger partial charge < -0.3 is 0 Å². The molecule has 0 rings (SSSR count). The van der Waals surface area contributed by atoms with Crippen molar-refractivity contribution >= 4 is 0 Å². The molecule has 0 aliphatic heterocycles. The van der Waals surface area contributed by atoms with Gasteiger partial charge in [0, 0.05) is 0 Å². The maximum atomic E-state index is 3.68. The summed E-state index contributed by atoms with van der Waals surface area (Å²) in [5, 5.41) is 0. The number of allylic oxidation sites excluding steroid dienone is 3. The molecule has 0 heteroatoms. The zero-order chi connectivity index (χ0) is 7.28. The topological polar surface area (TPSA) is 0 Å². The molecule has 0 atom stereocenters. The van der Waals surface area contributed by atoms with Crippen molar-refractivity contribution in [2.45, 2.75) is 33.6 Å². The smallest absolute Gasteiger partial charge is 0.0142 e. The summed E-state index contributed by atoms with van der Waals surface area (Å²) in [7, 11) is 0. The maximum Gasteiger partial charge on any atom is -0.0142 e. The third-order valence-corrected chi connectivity index (χ3v) is 1.71. The molecule has 0 nitrogen and oxygen atoms in total. The molecule has 0 radical (unpaired) electrons. The molecular formula is C9H16. The van der Waals surface area contributed by atoms with E-state index in [1.54, 1.807) is 0 Å². The van der Waals surface area contributed by atoms with Gasteiger partial charge in [0.1, 0.15) is 0 Å². The summed E-state index contributed by atoms with van der Waals surface area (Å²) in [6.45, 7) is 10.2. The van der Waals surface area contributed by atoms with E-state index in [1.807, 2.05) is 6.08 Å². The van der Waals surface area contributed by atoms with E-state index in [-0.39, 0.29) is 0 Å². The maximum absolute atomic E-state index is 3.68. The fourth-order valence-electron chi connectivity index (χ4n) is 0.693. The van der Waals surface area contributed by atoms with E-state index in [0.717, 1.165) is 6.42 Å². The lowest BCUT2D eigenvalue weighted by molar-refractivity contribution is 1.02. The first-order valence-electron chi connectivity index (χ1n) is 3.48. The van der Waals surface area contributed by atoms with E-state index in [9.17, 15) is 0 Å². The lowest BCUT2D eigenvalue weighted by Crippen LogP contribution is -1.79. The van der Waals surface area contributed by atoms with Crippen molar-refractivity contribution in [3.63, 3.8) is 0 Å². The van der Waals surface area contributed by atoms with Crippen molar-refractivity contribution in [2.75, 3.05) is 0 Å². The van der Waals surface area contributed by atoms with Gasteiger partial charge in [0.15, 0.2) is 0 Å². The molecule has 0 aromatic carbocycles. The third kappa shape index (κ3) is 3.12. The van der Waals surface area contributed by atoms with Gasteiger partial charge in [-0.3, -0.25) is 0 Å². The Hall–Kier alpha value is -0.520. The van der Waals surface area contributed by atoms with Crippen LogP contribution in [0.2, 0.25) is 0 Å². The lowest BCUT2D eigenvalue weighted by atomic mass is 10.1. The van der Waals surface area contributed by atoms with E-state index in [4.69, 9.17) is 0 Å². The van der Waals surface area contributed by atoms with Gasteiger partial charge in [-0.25, -0.2) is 0 Å². The van der Waals surface area contributed by atoms with Crippen molar-refractivity contribution in [3.8, 4) is 0 Å². The molecule has 52 valence electrons. The first kappa shape index (κ1) is 8.48. The van der Waals surface area contributed by atoms with Crippen molar-refractivity contribution in [1.82, 2.24) is 0 Å². The molecule has 0 bridgehead atoms. The van der Waals surface area contributed by atoms with Crippen LogP contribution in [0.4, 0.5) is 0 Å². The van der Waals surface area contributed by atoms with E-state index in [1.165, 1.54) is 17.6 Å². The second kappa shape index (κ2) is 4.37. The first-order valence-corrected chi connectivity index (χ1v) is 3.48. The summed E-state index contributed by atoms with van der Waals surface area (Å²) in [6.07, 6.45) is 4.16. The predicted molar refractivity (Wildman–Crippen MR) is 43.5 cm³/mol. The van der Waals surface area contributed by atoms with Gasteiger partial charge in [-0.15, -0.1) is 6.58 Å². The summed E-state index contributed by atoms with van der Waals surface area (Å²) in [5.41, 5.74) is 2.96. The second-order valence-electron chi connectivity index (χ2n) is 2.41. The van der Waals surface area contributed by atoms with Crippen LogP contribution in [0.25, 0.3) is 0 Å². The van der Waals surface area contributed by atoms with E-state index in [2.05, 4.69) is 27.4 Å². The summed E-state index contributed by atoms with van der Waals surface area (Å²) in [5.74, 6) is 0. The highest BCUT2D eigenvalue weighted by molar-refractivity contribution is 5.11. The van der Waals surface area contributed by atoms with Crippen molar-refractivity contribution in [1.29, 1.82) is 0 Å². The molecule has 0 aromatic heterocycles. The molecule has 0 fully saturated rings. The minimum atomic E-state index is 1.04. The monoisotopic (exact) mass is 124 g/mol. The molecule has 0 N–H and O–H groups in total. The molecule has 0 aliphatic carbocycles. The van der Waals surface area contributed by atoms with Crippen LogP contribution in [-0.2, 0) is 0 Å². The average Bonchev–Trinajstić information content (AvgIpc) is 1.87. The van der Waals surface area contributed by atoms with Crippen LogP contribution in [0.5, 0.6) is 0 Å². The molecule has 0 saturated carbocycles. The van der Waals surface area contributed by atoms with Gasteiger partial charge in [-0.1, -0.05) is 24.1 Å².